The summed E-state index contributed by atoms with van der Waals surface area (Å²) in [4.78, 5) is 4.51. The first-order chi connectivity index (χ1) is 9.28. The van der Waals surface area contributed by atoms with E-state index in [-0.39, 0.29) is 11.7 Å². The number of ether oxygens (including phenoxy) is 1. The summed E-state index contributed by atoms with van der Waals surface area (Å²) in [6.07, 6.45) is -2.17. The third-order valence-electron chi connectivity index (χ3n) is 3.25. The van der Waals surface area contributed by atoms with E-state index >= 15 is 0 Å². The number of rotatable bonds is 3. The van der Waals surface area contributed by atoms with Gasteiger partial charge in [0, 0.05) is 6.20 Å². The molecule has 0 amide bonds. The highest BCUT2D eigenvalue weighted by Gasteiger charge is 2.67. The van der Waals surface area contributed by atoms with Gasteiger partial charge in [-0.05, 0) is 6.08 Å². The molecule has 6 nitrogen and oxygen atoms in total. The van der Waals surface area contributed by atoms with Crippen molar-refractivity contribution < 1.29 is 28.1 Å². The number of halogens is 3. The zero-order valence-corrected chi connectivity index (χ0v) is 10.3. The zero-order chi connectivity index (χ0) is 15.1. The van der Waals surface area contributed by atoms with E-state index in [2.05, 4.69) is 11.6 Å². The van der Waals surface area contributed by atoms with Gasteiger partial charge in [0.05, 0.1) is 6.61 Å². The topological polar surface area (TPSA) is 91.3 Å². The molecule has 0 aliphatic carbocycles. The number of aliphatic hydroxyl groups excluding tert-OH is 2. The van der Waals surface area contributed by atoms with Crippen LogP contribution in [0.2, 0.25) is 0 Å². The van der Waals surface area contributed by atoms with Crippen molar-refractivity contribution in [2.75, 3.05) is 13.3 Å². The first-order valence-corrected chi connectivity index (χ1v) is 5.68. The van der Waals surface area contributed by atoms with Crippen LogP contribution < -0.4 is 5.73 Å². The second kappa shape index (κ2) is 4.76. The summed E-state index contributed by atoms with van der Waals surface area (Å²) >= 11 is 0. The summed E-state index contributed by atoms with van der Waals surface area (Å²) in [5.74, 6) is -3.91. The van der Waals surface area contributed by atoms with Crippen LogP contribution in [-0.2, 0) is 4.74 Å². The van der Waals surface area contributed by atoms with Crippen molar-refractivity contribution in [2.45, 2.75) is 23.9 Å². The zero-order valence-electron chi connectivity index (χ0n) is 10.3. The summed E-state index contributed by atoms with van der Waals surface area (Å²) in [6.45, 7) is 0.879. The van der Waals surface area contributed by atoms with Crippen LogP contribution in [-0.4, -0.2) is 58.1 Å². The van der Waals surface area contributed by atoms with Crippen LogP contribution in [0.1, 0.15) is 0 Å². The lowest BCUT2D eigenvalue weighted by Gasteiger charge is -2.32. The van der Waals surface area contributed by atoms with Crippen molar-refractivity contribution >= 4 is 5.84 Å². The van der Waals surface area contributed by atoms with E-state index in [0.29, 0.717) is 0 Å². The molecule has 0 saturated carbocycles. The Labute approximate surface area is 112 Å². The van der Waals surface area contributed by atoms with E-state index in [0.717, 1.165) is 11.1 Å². The predicted octanol–water partition coefficient (Wildman–Crippen LogP) is -0.303. The van der Waals surface area contributed by atoms with Gasteiger partial charge in [0.25, 0.3) is 0 Å². The molecular formula is C11H14F3N3O3. The van der Waals surface area contributed by atoms with Gasteiger partial charge in [0.2, 0.25) is 6.23 Å². The van der Waals surface area contributed by atoms with Crippen molar-refractivity contribution in [3.63, 3.8) is 0 Å². The first kappa shape index (κ1) is 14.8. The molecule has 112 valence electrons. The number of aliphatic imine (C=N–C) groups is 1. The fraction of sp³-hybridized carbons (Fsp3) is 0.545. The van der Waals surface area contributed by atoms with E-state index in [1.165, 1.54) is 6.08 Å². The Morgan fingerprint density at radius 1 is 1.55 bits per heavy atom. The summed E-state index contributed by atoms with van der Waals surface area (Å²) in [6, 6.07) is 0. The van der Waals surface area contributed by atoms with E-state index in [1.54, 1.807) is 0 Å². The van der Waals surface area contributed by atoms with Crippen LogP contribution in [0.4, 0.5) is 13.2 Å². The highest BCUT2D eigenvalue weighted by atomic mass is 19.3. The lowest BCUT2D eigenvalue weighted by atomic mass is 9.97. The predicted molar refractivity (Wildman–Crippen MR) is 63.4 cm³/mol. The monoisotopic (exact) mass is 293 g/mol. The fourth-order valence-corrected chi connectivity index (χ4v) is 2.06. The molecule has 0 unspecified atom stereocenters. The summed E-state index contributed by atoms with van der Waals surface area (Å²) < 4.78 is 46.0. The smallest absolute Gasteiger partial charge is 0.320 e. The maximum absolute atomic E-state index is 14.1. The molecule has 0 aromatic heterocycles. The SMILES string of the molecule is C=C1N=C(N)C=CN1[C@@H]1O[C@@](CO)(CF)[C@@H](O)C1(F)F. The molecule has 1 fully saturated rings. The van der Waals surface area contributed by atoms with Crippen LogP contribution in [0.5, 0.6) is 0 Å². The molecule has 0 spiro atoms. The average molecular weight is 293 g/mol. The number of hydrogen-bond acceptors (Lipinski definition) is 6. The van der Waals surface area contributed by atoms with Gasteiger partial charge in [-0.25, -0.2) is 9.38 Å². The Morgan fingerprint density at radius 3 is 2.65 bits per heavy atom. The molecule has 9 heteroatoms. The molecule has 2 heterocycles. The number of alkyl halides is 3. The van der Waals surface area contributed by atoms with Gasteiger partial charge in [0.1, 0.15) is 18.3 Å². The van der Waals surface area contributed by atoms with Crippen molar-refractivity contribution in [3.05, 3.63) is 24.7 Å². The third-order valence-corrected chi connectivity index (χ3v) is 3.25. The molecule has 20 heavy (non-hydrogen) atoms. The third kappa shape index (κ3) is 1.98. The number of aliphatic hydroxyl groups is 2. The van der Waals surface area contributed by atoms with Crippen molar-refractivity contribution in [1.82, 2.24) is 4.90 Å². The normalized spacial score (nSPS) is 36.4. The lowest BCUT2D eigenvalue weighted by molar-refractivity contribution is -0.156. The van der Waals surface area contributed by atoms with Crippen molar-refractivity contribution in [3.8, 4) is 0 Å². The summed E-state index contributed by atoms with van der Waals surface area (Å²) in [5, 5.41) is 18.7. The van der Waals surface area contributed by atoms with Crippen LogP contribution in [0.25, 0.3) is 0 Å². The first-order valence-electron chi connectivity index (χ1n) is 5.68. The van der Waals surface area contributed by atoms with Crippen LogP contribution in [0.15, 0.2) is 29.7 Å². The van der Waals surface area contributed by atoms with Crippen LogP contribution in [0, 0.1) is 0 Å². The average Bonchev–Trinajstić information content (AvgIpc) is 2.60. The standard InChI is InChI=1S/C11H14F3N3O3/c1-6-16-7(15)2-3-17(6)9-11(13,14)8(19)10(4-12,5-18)20-9/h2-3,8-9,18-19H,1,4-5H2,(H2,15,16)/t8-,9-,10-/m1/s1. The maximum atomic E-state index is 14.1. The molecule has 1 saturated heterocycles. The van der Waals surface area contributed by atoms with Gasteiger partial charge >= 0.3 is 5.92 Å². The molecular weight excluding hydrogens is 279 g/mol. The largest absolute Gasteiger partial charge is 0.393 e. The van der Waals surface area contributed by atoms with Crippen LogP contribution >= 0.6 is 0 Å². The Balaban J connectivity index is 2.34. The molecule has 0 aromatic carbocycles. The molecule has 3 atom stereocenters. The minimum absolute atomic E-state index is 0.0621. The highest BCUT2D eigenvalue weighted by molar-refractivity contribution is 5.92. The van der Waals surface area contributed by atoms with Gasteiger partial charge < -0.3 is 25.6 Å². The molecule has 0 bridgehead atoms. The summed E-state index contributed by atoms with van der Waals surface area (Å²) in [7, 11) is 0. The molecule has 2 rings (SSSR count). The van der Waals surface area contributed by atoms with Gasteiger partial charge in [-0.15, -0.1) is 0 Å². The summed E-state index contributed by atoms with van der Waals surface area (Å²) in [5.41, 5.74) is 3.00. The highest BCUT2D eigenvalue weighted by Crippen LogP contribution is 2.45. The van der Waals surface area contributed by atoms with Gasteiger partial charge in [-0.1, -0.05) is 6.58 Å². The van der Waals surface area contributed by atoms with Gasteiger partial charge in [-0.2, -0.15) is 8.78 Å². The van der Waals surface area contributed by atoms with E-state index in [4.69, 9.17) is 15.6 Å². The van der Waals surface area contributed by atoms with Crippen molar-refractivity contribution in [2.24, 2.45) is 10.7 Å². The molecule has 0 radical (unpaired) electrons. The Hall–Kier alpha value is -1.58. The van der Waals surface area contributed by atoms with Gasteiger partial charge in [0.15, 0.2) is 11.7 Å². The second-order valence-electron chi connectivity index (χ2n) is 4.58. The quantitative estimate of drug-likeness (QED) is 0.664. The number of amidine groups is 1. The molecule has 2 aliphatic rings. The minimum atomic E-state index is -3.83. The van der Waals surface area contributed by atoms with Crippen LogP contribution in [0.3, 0.4) is 0 Å². The Morgan fingerprint density at radius 2 is 2.20 bits per heavy atom. The lowest BCUT2D eigenvalue weighted by Crippen LogP contribution is -2.51. The number of hydrogen-bond donors (Lipinski definition) is 3. The Bertz CT molecular complexity index is 477. The minimum Gasteiger partial charge on any atom is -0.393 e. The van der Waals surface area contributed by atoms with E-state index in [1.807, 2.05) is 0 Å². The fourth-order valence-electron chi connectivity index (χ4n) is 2.06. The van der Waals surface area contributed by atoms with Crippen molar-refractivity contribution in [1.29, 1.82) is 0 Å². The molecule has 4 N–H and O–H groups in total. The molecule has 0 aromatic rings. The van der Waals surface area contributed by atoms with E-state index in [9.17, 15) is 18.3 Å². The van der Waals surface area contributed by atoms with E-state index < -0.39 is 37.1 Å². The molecule has 2 aliphatic heterocycles. The maximum Gasteiger partial charge on any atom is 0.320 e. The number of nitrogens with zero attached hydrogens (tertiary/aromatic N) is 2. The number of nitrogens with two attached hydrogens (primary N) is 1. The Kier molecular flexibility index (Phi) is 3.53. The van der Waals surface area contributed by atoms with Gasteiger partial charge in [-0.3, -0.25) is 0 Å². The second-order valence-corrected chi connectivity index (χ2v) is 4.58.